The summed E-state index contributed by atoms with van der Waals surface area (Å²) in [5.41, 5.74) is 8.47. The number of nitrogens with zero attached hydrogens (tertiary/aromatic N) is 1. The smallest absolute Gasteiger partial charge is 0.122 e. The van der Waals surface area contributed by atoms with Gasteiger partial charge in [0.2, 0.25) is 0 Å². The van der Waals surface area contributed by atoms with E-state index in [-0.39, 0.29) is 6.04 Å². The zero-order valence-electron chi connectivity index (χ0n) is 11.9. The van der Waals surface area contributed by atoms with Gasteiger partial charge in [0.15, 0.2) is 0 Å². The number of hydrogen-bond donors (Lipinski definition) is 1. The van der Waals surface area contributed by atoms with Crippen LogP contribution in [-0.4, -0.2) is 19.2 Å². The maximum Gasteiger partial charge on any atom is 0.122 e. The van der Waals surface area contributed by atoms with Gasteiger partial charge in [-0.05, 0) is 42.2 Å². The lowest BCUT2D eigenvalue weighted by atomic mass is 10.00. The molecular weight excluding hydrogens is 252 g/mol. The Balaban J connectivity index is 2.06. The molecule has 0 saturated heterocycles. The van der Waals surface area contributed by atoms with Crippen molar-refractivity contribution in [2.75, 3.05) is 14.2 Å². The van der Waals surface area contributed by atoms with Crippen molar-refractivity contribution >= 4 is 0 Å². The second-order valence-corrected chi connectivity index (χ2v) is 4.65. The van der Waals surface area contributed by atoms with E-state index in [1.54, 1.807) is 20.4 Å². The Morgan fingerprint density at radius 1 is 1.15 bits per heavy atom. The first-order chi connectivity index (χ1) is 9.72. The van der Waals surface area contributed by atoms with Crippen molar-refractivity contribution in [3.63, 3.8) is 0 Å². The number of ether oxygens (including phenoxy) is 2. The minimum atomic E-state index is -0.0563. The summed E-state index contributed by atoms with van der Waals surface area (Å²) in [5.74, 6) is 1.52. The average Bonchev–Trinajstić information content (AvgIpc) is 2.52. The molecule has 4 heteroatoms. The van der Waals surface area contributed by atoms with E-state index in [1.165, 1.54) is 5.56 Å². The first-order valence-electron chi connectivity index (χ1n) is 6.60. The molecule has 1 atom stereocenters. The highest BCUT2D eigenvalue weighted by Crippen LogP contribution is 2.27. The lowest BCUT2D eigenvalue weighted by molar-refractivity contribution is 0.392. The van der Waals surface area contributed by atoms with E-state index in [4.69, 9.17) is 15.2 Å². The molecule has 0 fully saturated rings. The van der Waals surface area contributed by atoms with Crippen LogP contribution in [-0.2, 0) is 6.42 Å². The standard InChI is InChI=1S/C16H20N2O2/c1-19-14-8-13(9-15(10-14)20-2)16(17)6-5-12-4-3-7-18-11-12/h3-4,7-11,16H,5-6,17H2,1-2H3. The van der Waals surface area contributed by atoms with Gasteiger partial charge in [-0.1, -0.05) is 6.07 Å². The van der Waals surface area contributed by atoms with E-state index in [2.05, 4.69) is 11.1 Å². The fraction of sp³-hybridized carbons (Fsp3) is 0.312. The molecule has 2 aromatic rings. The van der Waals surface area contributed by atoms with E-state index in [9.17, 15) is 0 Å². The van der Waals surface area contributed by atoms with Gasteiger partial charge in [0, 0.05) is 24.5 Å². The Hall–Kier alpha value is -2.07. The Bertz CT molecular complexity index is 521. The summed E-state index contributed by atoms with van der Waals surface area (Å²) in [6.07, 6.45) is 5.39. The third-order valence-electron chi connectivity index (χ3n) is 3.27. The molecule has 0 bridgehead atoms. The van der Waals surface area contributed by atoms with Crippen molar-refractivity contribution in [3.05, 3.63) is 53.9 Å². The van der Waals surface area contributed by atoms with Crippen molar-refractivity contribution in [1.82, 2.24) is 4.98 Å². The zero-order chi connectivity index (χ0) is 14.4. The van der Waals surface area contributed by atoms with Crippen LogP contribution >= 0.6 is 0 Å². The molecular formula is C16H20N2O2. The summed E-state index contributed by atoms with van der Waals surface area (Å²) in [5, 5.41) is 0. The van der Waals surface area contributed by atoms with Crippen LogP contribution in [0.15, 0.2) is 42.7 Å². The number of rotatable bonds is 6. The first-order valence-corrected chi connectivity index (χ1v) is 6.60. The third-order valence-corrected chi connectivity index (χ3v) is 3.27. The molecule has 1 unspecified atom stereocenters. The molecule has 0 aliphatic rings. The van der Waals surface area contributed by atoms with Gasteiger partial charge in [-0.3, -0.25) is 4.98 Å². The number of pyridine rings is 1. The van der Waals surface area contributed by atoms with Crippen molar-refractivity contribution in [1.29, 1.82) is 0 Å². The van der Waals surface area contributed by atoms with Crippen molar-refractivity contribution in [2.45, 2.75) is 18.9 Å². The van der Waals surface area contributed by atoms with Crippen LogP contribution < -0.4 is 15.2 Å². The zero-order valence-corrected chi connectivity index (χ0v) is 11.9. The summed E-state index contributed by atoms with van der Waals surface area (Å²) in [6.45, 7) is 0. The van der Waals surface area contributed by atoms with Gasteiger partial charge >= 0.3 is 0 Å². The van der Waals surface area contributed by atoms with Gasteiger partial charge in [0.05, 0.1) is 14.2 Å². The Morgan fingerprint density at radius 2 is 1.85 bits per heavy atom. The molecule has 106 valence electrons. The molecule has 0 amide bonds. The largest absolute Gasteiger partial charge is 0.497 e. The first kappa shape index (κ1) is 14.3. The van der Waals surface area contributed by atoms with E-state index >= 15 is 0 Å². The number of methoxy groups -OCH3 is 2. The molecule has 1 aromatic carbocycles. The number of benzene rings is 1. The minimum absolute atomic E-state index is 0.0563. The number of nitrogens with two attached hydrogens (primary N) is 1. The second-order valence-electron chi connectivity index (χ2n) is 4.65. The molecule has 0 radical (unpaired) electrons. The van der Waals surface area contributed by atoms with Gasteiger partial charge in [-0.25, -0.2) is 0 Å². The summed E-state index contributed by atoms with van der Waals surface area (Å²) in [4.78, 5) is 4.11. The average molecular weight is 272 g/mol. The highest BCUT2D eigenvalue weighted by atomic mass is 16.5. The predicted molar refractivity (Wildman–Crippen MR) is 79.0 cm³/mol. The SMILES string of the molecule is COc1cc(OC)cc(C(N)CCc2cccnc2)c1. The maximum atomic E-state index is 6.26. The molecule has 4 nitrogen and oxygen atoms in total. The monoisotopic (exact) mass is 272 g/mol. The van der Waals surface area contributed by atoms with Gasteiger partial charge in [-0.2, -0.15) is 0 Å². The van der Waals surface area contributed by atoms with Gasteiger partial charge < -0.3 is 15.2 Å². The predicted octanol–water partition coefficient (Wildman–Crippen LogP) is 2.73. The fourth-order valence-electron chi connectivity index (χ4n) is 2.08. The van der Waals surface area contributed by atoms with Crippen LogP contribution in [0.3, 0.4) is 0 Å². The maximum absolute atomic E-state index is 6.26. The van der Waals surface area contributed by atoms with Crippen LogP contribution in [0.25, 0.3) is 0 Å². The fourth-order valence-corrected chi connectivity index (χ4v) is 2.08. The second kappa shape index (κ2) is 6.91. The molecule has 0 saturated carbocycles. The molecule has 2 N–H and O–H groups in total. The van der Waals surface area contributed by atoms with Gasteiger partial charge in [0.25, 0.3) is 0 Å². The molecule has 0 aliphatic heterocycles. The van der Waals surface area contributed by atoms with Crippen LogP contribution in [0, 0.1) is 0 Å². The van der Waals surface area contributed by atoms with E-state index in [0.717, 1.165) is 29.9 Å². The van der Waals surface area contributed by atoms with Crippen LogP contribution in [0.2, 0.25) is 0 Å². The summed E-state index contributed by atoms with van der Waals surface area (Å²) < 4.78 is 10.5. The topological polar surface area (TPSA) is 57.4 Å². The molecule has 2 rings (SSSR count). The summed E-state index contributed by atoms with van der Waals surface area (Å²) in [7, 11) is 3.28. The van der Waals surface area contributed by atoms with Crippen molar-refractivity contribution < 1.29 is 9.47 Å². The van der Waals surface area contributed by atoms with Crippen molar-refractivity contribution in [2.24, 2.45) is 5.73 Å². The normalized spacial score (nSPS) is 11.9. The van der Waals surface area contributed by atoms with Gasteiger partial charge in [0.1, 0.15) is 11.5 Å². The molecule has 0 spiro atoms. The lowest BCUT2D eigenvalue weighted by Gasteiger charge is -2.14. The third kappa shape index (κ3) is 3.71. The quantitative estimate of drug-likeness (QED) is 0.878. The molecule has 1 heterocycles. The Morgan fingerprint density at radius 3 is 2.40 bits per heavy atom. The minimum Gasteiger partial charge on any atom is -0.497 e. The molecule has 0 aliphatic carbocycles. The number of aromatic nitrogens is 1. The highest BCUT2D eigenvalue weighted by Gasteiger charge is 2.10. The highest BCUT2D eigenvalue weighted by molar-refractivity contribution is 5.39. The van der Waals surface area contributed by atoms with E-state index in [0.29, 0.717) is 0 Å². The van der Waals surface area contributed by atoms with E-state index < -0.39 is 0 Å². The molecule has 20 heavy (non-hydrogen) atoms. The van der Waals surface area contributed by atoms with Crippen molar-refractivity contribution in [3.8, 4) is 11.5 Å². The van der Waals surface area contributed by atoms with Crippen LogP contribution in [0.1, 0.15) is 23.6 Å². The van der Waals surface area contributed by atoms with Crippen LogP contribution in [0.4, 0.5) is 0 Å². The number of aryl methyl sites for hydroxylation is 1. The van der Waals surface area contributed by atoms with E-state index in [1.807, 2.05) is 30.5 Å². The lowest BCUT2D eigenvalue weighted by Crippen LogP contribution is -2.11. The summed E-state index contributed by atoms with van der Waals surface area (Å²) in [6, 6.07) is 9.70. The Kier molecular flexibility index (Phi) is 4.96. The van der Waals surface area contributed by atoms with Crippen LogP contribution in [0.5, 0.6) is 11.5 Å². The number of hydrogen-bond acceptors (Lipinski definition) is 4. The van der Waals surface area contributed by atoms with Gasteiger partial charge in [-0.15, -0.1) is 0 Å². The molecule has 1 aromatic heterocycles. The Labute approximate surface area is 119 Å². The summed E-state index contributed by atoms with van der Waals surface area (Å²) >= 11 is 0.